The van der Waals surface area contributed by atoms with E-state index in [2.05, 4.69) is 9.88 Å². The molecular weight excluding hydrogens is 392 g/mol. The number of sulfonamides is 1. The summed E-state index contributed by atoms with van der Waals surface area (Å²) in [5, 5.41) is 0. The number of aromatic amines is 1. The molecule has 2 aromatic rings. The Kier molecular flexibility index (Phi) is 5.46. The number of hydrogen-bond acceptors (Lipinski definition) is 6. The summed E-state index contributed by atoms with van der Waals surface area (Å²) < 4.78 is 30.7. The molecule has 0 saturated carbocycles. The van der Waals surface area contributed by atoms with Crippen molar-refractivity contribution in [2.24, 2.45) is 0 Å². The lowest BCUT2D eigenvalue weighted by Crippen LogP contribution is -2.39. The number of para-hydroxylation sites is 1. The molecule has 1 aromatic carbocycles. The quantitative estimate of drug-likeness (QED) is 0.789. The lowest BCUT2D eigenvalue weighted by atomic mass is 10.1. The molecule has 2 aliphatic heterocycles. The highest BCUT2D eigenvalue weighted by molar-refractivity contribution is 7.88. The summed E-state index contributed by atoms with van der Waals surface area (Å²) in [7, 11) is -1.65. The van der Waals surface area contributed by atoms with E-state index in [0.717, 1.165) is 30.7 Å². The maximum atomic E-state index is 12.7. The SMILES string of the molecule is COc1ccccc1CN1CCC[C@H]1c1nc2c(c(=O)[nH]1)CCN(S(C)(=O)=O)C2. The van der Waals surface area contributed by atoms with Crippen LogP contribution in [0, 0.1) is 0 Å². The van der Waals surface area contributed by atoms with Crippen molar-refractivity contribution in [3.8, 4) is 5.75 Å². The molecule has 2 aliphatic rings. The number of likely N-dealkylation sites (tertiary alicyclic amines) is 1. The van der Waals surface area contributed by atoms with Gasteiger partial charge in [0.2, 0.25) is 10.0 Å². The van der Waals surface area contributed by atoms with Crippen LogP contribution in [0.25, 0.3) is 0 Å². The maximum Gasteiger partial charge on any atom is 0.254 e. The molecule has 1 atom stereocenters. The van der Waals surface area contributed by atoms with Gasteiger partial charge in [-0.1, -0.05) is 18.2 Å². The molecule has 0 unspecified atom stereocenters. The Bertz CT molecular complexity index is 1070. The van der Waals surface area contributed by atoms with E-state index in [4.69, 9.17) is 9.72 Å². The minimum Gasteiger partial charge on any atom is -0.496 e. The van der Waals surface area contributed by atoms with Gasteiger partial charge in [0.25, 0.3) is 5.56 Å². The molecule has 0 amide bonds. The lowest BCUT2D eigenvalue weighted by molar-refractivity contribution is 0.234. The van der Waals surface area contributed by atoms with Gasteiger partial charge in [0.15, 0.2) is 0 Å². The van der Waals surface area contributed by atoms with Crippen molar-refractivity contribution >= 4 is 10.0 Å². The second kappa shape index (κ2) is 7.89. The van der Waals surface area contributed by atoms with Crippen LogP contribution in [0.1, 0.15) is 41.5 Å². The van der Waals surface area contributed by atoms with Crippen molar-refractivity contribution in [1.82, 2.24) is 19.2 Å². The molecule has 0 radical (unpaired) electrons. The minimum absolute atomic E-state index is 0.00785. The average Bonchev–Trinajstić information content (AvgIpc) is 3.15. The van der Waals surface area contributed by atoms with Crippen LogP contribution in [0.5, 0.6) is 5.75 Å². The smallest absolute Gasteiger partial charge is 0.254 e. The first kappa shape index (κ1) is 20.1. The third-order valence-electron chi connectivity index (χ3n) is 5.77. The van der Waals surface area contributed by atoms with Crippen LogP contribution in [0.2, 0.25) is 0 Å². The highest BCUT2D eigenvalue weighted by Gasteiger charge is 2.31. The van der Waals surface area contributed by atoms with E-state index in [1.807, 2.05) is 24.3 Å². The number of nitrogens with one attached hydrogen (secondary N) is 1. The summed E-state index contributed by atoms with van der Waals surface area (Å²) >= 11 is 0. The molecule has 1 aromatic heterocycles. The molecule has 3 heterocycles. The van der Waals surface area contributed by atoms with Gasteiger partial charge in [-0.15, -0.1) is 0 Å². The Labute approximate surface area is 170 Å². The fourth-order valence-corrected chi connectivity index (χ4v) is 5.03. The molecule has 1 fully saturated rings. The zero-order valence-corrected chi connectivity index (χ0v) is 17.5. The van der Waals surface area contributed by atoms with Gasteiger partial charge in [-0.2, -0.15) is 4.31 Å². The summed E-state index contributed by atoms with van der Waals surface area (Å²) in [5.41, 5.74) is 2.11. The monoisotopic (exact) mass is 418 g/mol. The standard InChI is InChI=1S/C20H26N4O4S/c1-28-18-8-4-3-6-14(18)12-23-10-5-7-17(23)19-21-16-13-24(29(2,26)27)11-9-15(16)20(25)22-19/h3-4,6,8,17H,5,7,9-13H2,1-2H3,(H,21,22,25)/t17-/m0/s1. The Balaban J connectivity index is 1.62. The topological polar surface area (TPSA) is 95.6 Å². The Morgan fingerprint density at radius 2 is 2.07 bits per heavy atom. The second-order valence-electron chi connectivity index (χ2n) is 7.66. The van der Waals surface area contributed by atoms with Crippen molar-refractivity contribution in [2.75, 3.05) is 26.5 Å². The second-order valence-corrected chi connectivity index (χ2v) is 9.65. The lowest BCUT2D eigenvalue weighted by Gasteiger charge is -2.28. The number of rotatable bonds is 5. The third kappa shape index (κ3) is 4.08. The summed E-state index contributed by atoms with van der Waals surface area (Å²) in [6.45, 7) is 2.08. The zero-order valence-electron chi connectivity index (χ0n) is 16.7. The normalized spacial score (nSPS) is 20.6. The molecule has 1 saturated heterocycles. The number of methoxy groups -OCH3 is 1. The van der Waals surface area contributed by atoms with E-state index in [0.29, 0.717) is 36.6 Å². The van der Waals surface area contributed by atoms with Gasteiger partial charge in [0.1, 0.15) is 11.6 Å². The van der Waals surface area contributed by atoms with Crippen LogP contribution >= 0.6 is 0 Å². The van der Waals surface area contributed by atoms with Gasteiger partial charge >= 0.3 is 0 Å². The number of H-pyrrole nitrogens is 1. The molecular formula is C20H26N4O4S. The number of aromatic nitrogens is 2. The predicted octanol–water partition coefficient (Wildman–Crippen LogP) is 1.43. The average molecular weight is 419 g/mol. The molecule has 29 heavy (non-hydrogen) atoms. The van der Waals surface area contributed by atoms with Crippen molar-refractivity contribution in [2.45, 2.75) is 38.4 Å². The van der Waals surface area contributed by atoms with E-state index in [1.54, 1.807) is 7.11 Å². The van der Waals surface area contributed by atoms with Crippen LogP contribution in [-0.2, 0) is 29.5 Å². The highest BCUT2D eigenvalue weighted by atomic mass is 32.2. The highest BCUT2D eigenvalue weighted by Crippen LogP contribution is 2.33. The number of nitrogens with zero attached hydrogens (tertiary/aromatic N) is 3. The van der Waals surface area contributed by atoms with Gasteiger partial charge in [0.05, 0.1) is 31.6 Å². The molecule has 0 spiro atoms. The fraction of sp³-hybridized carbons (Fsp3) is 0.500. The molecule has 0 aliphatic carbocycles. The van der Waals surface area contributed by atoms with Gasteiger partial charge in [-0.05, 0) is 31.9 Å². The van der Waals surface area contributed by atoms with Gasteiger partial charge in [0, 0.05) is 24.2 Å². The Morgan fingerprint density at radius 3 is 2.83 bits per heavy atom. The predicted molar refractivity (Wildman–Crippen MR) is 109 cm³/mol. The van der Waals surface area contributed by atoms with E-state index in [1.165, 1.54) is 10.6 Å². The summed E-state index contributed by atoms with van der Waals surface area (Å²) in [4.78, 5) is 22.6. The fourth-order valence-electron chi connectivity index (χ4n) is 4.25. The van der Waals surface area contributed by atoms with E-state index < -0.39 is 10.0 Å². The van der Waals surface area contributed by atoms with E-state index in [-0.39, 0.29) is 18.1 Å². The first-order chi connectivity index (χ1) is 13.9. The maximum absolute atomic E-state index is 12.7. The van der Waals surface area contributed by atoms with Crippen molar-refractivity contribution in [3.05, 3.63) is 57.3 Å². The summed E-state index contributed by atoms with van der Waals surface area (Å²) in [6, 6.07) is 7.91. The van der Waals surface area contributed by atoms with Gasteiger partial charge in [-0.25, -0.2) is 13.4 Å². The van der Waals surface area contributed by atoms with Crippen LogP contribution < -0.4 is 10.3 Å². The van der Waals surface area contributed by atoms with Crippen LogP contribution in [0.4, 0.5) is 0 Å². The minimum atomic E-state index is -3.32. The summed E-state index contributed by atoms with van der Waals surface area (Å²) in [5.74, 6) is 1.46. The number of fused-ring (bicyclic) bond motifs is 1. The van der Waals surface area contributed by atoms with Crippen LogP contribution in [-0.4, -0.2) is 54.0 Å². The Hall–Kier alpha value is -2.23. The zero-order chi connectivity index (χ0) is 20.6. The molecule has 1 N–H and O–H groups in total. The number of hydrogen-bond donors (Lipinski definition) is 1. The molecule has 4 rings (SSSR count). The third-order valence-corrected chi connectivity index (χ3v) is 7.02. The van der Waals surface area contributed by atoms with Crippen molar-refractivity contribution in [1.29, 1.82) is 0 Å². The molecule has 9 heteroatoms. The van der Waals surface area contributed by atoms with Crippen LogP contribution in [0.15, 0.2) is 29.1 Å². The number of benzene rings is 1. The van der Waals surface area contributed by atoms with E-state index in [9.17, 15) is 13.2 Å². The first-order valence-corrected chi connectivity index (χ1v) is 11.6. The molecule has 0 bridgehead atoms. The molecule has 156 valence electrons. The van der Waals surface area contributed by atoms with Crippen molar-refractivity contribution < 1.29 is 13.2 Å². The first-order valence-electron chi connectivity index (χ1n) is 9.80. The Morgan fingerprint density at radius 1 is 1.28 bits per heavy atom. The van der Waals surface area contributed by atoms with Crippen LogP contribution in [0.3, 0.4) is 0 Å². The molecule has 8 nitrogen and oxygen atoms in total. The van der Waals surface area contributed by atoms with E-state index >= 15 is 0 Å². The van der Waals surface area contributed by atoms with Gasteiger partial charge < -0.3 is 9.72 Å². The largest absolute Gasteiger partial charge is 0.496 e. The van der Waals surface area contributed by atoms with Gasteiger partial charge in [-0.3, -0.25) is 9.69 Å². The number of ether oxygens (including phenoxy) is 1. The summed E-state index contributed by atoms with van der Waals surface area (Å²) in [6.07, 6.45) is 3.49. The van der Waals surface area contributed by atoms with Crippen molar-refractivity contribution in [3.63, 3.8) is 0 Å².